The molecule has 1 aliphatic heterocycles. The maximum Gasteiger partial charge on any atom is 0.306 e. The molecule has 0 atom stereocenters. The van der Waals surface area contributed by atoms with Crippen molar-refractivity contribution < 1.29 is 16.8 Å². The highest BCUT2D eigenvalue weighted by molar-refractivity contribution is 8.34. The summed E-state index contributed by atoms with van der Waals surface area (Å²) in [6.45, 7) is 3.96. The largest absolute Gasteiger partial charge is 0.306 e. The van der Waals surface area contributed by atoms with E-state index in [0.717, 1.165) is 29.9 Å². The fourth-order valence-electron chi connectivity index (χ4n) is 2.54. The minimum Gasteiger partial charge on any atom is -0.299 e. The predicted octanol–water partition coefficient (Wildman–Crippen LogP) is 3.93. The molecule has 4 nitrogen and oxygen atoms in total. The second-order valence-electron chi connectivity index (χ2n) is 6.11. The van der Waals surface area contributed by atoms with Crippen molar-refractivity contribution >= 4 is 38.0 Å². The Kier molecular flexibility index (Phi) is 7.22. The Balaban J connectivity index is 2.18. The van der Waals surface area contributed by atoms with E-state index in [0.29, 0.717) is 17.9 Å². The first-order chi connectivity index (χ1) is 11.4. The smallest absolute Gasteiger partial charge is 0.299 e. The molecule has 0 amide bonds. The van der Waals surface area contributed by atoms with Gasteiger partial charge in [-0.25, -0.2) is 3.63 Å². The van der Waals surface area contributed by atoms with Crippen LogP contribution in [0.4, 0.5) is 0 Å². The van der Waals surface area contributed by atoms with Crippen molar-refractivity contribution in [2.75, 3.05) is 28.8 Å². The van der Waals surface area contributed by atoms with Crippen molar-refractivity contribution in [1.82, 2.24) is 0 Å². The first kappa shape index (κ1) is 19.8. The number of carbonyl (C=O) groups excluding carboxylic acids is 1. The number of ketones is 1. The summed E-state index contributed by atoms with van der Waals surface area (Å²) in [5.74, 6) is 3.50. The molecule has 1 fully saturated rings. The van der Waals surface area contributed by atoms with Crippen LogP contribution in [0.5, 0.6) is 0 Å². The molecule has 0 aliphatic carbocycles. The Morgan fingerprint density at radius 1 is 1.21 bits per heavy atom. The molecule has 0 unspecified atom stereocenters. The molecule has 2 rings (SSSR count). The van der Waals surface area contributed by atoms with Crippen LogP contribution in [0, 0.1) is 6.92 Å². The Labute approximate surface area is 151 Å². The summed E-state index contributed by atoms with van der Waals surface area (Å²) in [5.41, 5.74) is 1.000. The number of benzene rings is 1. The van der Waals surface area contributed by atoms with Crippen LogP contribution in [0.3, 0.4) is 0 Å². The maximum absolute atomic E-state index is 12.7. The van der Waals surface area contributed by atoms with E-state index in [2.05, 4.69) is 0 Å². The lowest BCUT2D eigenvalue weighted by Crippen LogP contribution is -2.29. The van der Waals surface area contributed by atoms with Crippen LogP contribution in [0.2, 0.25) is 0 Å². The summed E-state index contributed by atoms with van der Waals surface area (Å²) in [7, 11) is -5.73. The SMILES string of the molecule is CCCCC(=O)CS1(OS(=O)(=O)c2ccc(C)cc2)CCSCC1. The van der Waals surface area contributed by atoms with Gasteiger partial charge in [0.2, 0.25) is 0 Å². The minimum absolute atomic E-state index is 0.137. The van der Waals surface area contributed by atoms with Crippen LogP contribution in [-0.2, 0) is 18.5 Å². The molecule has 0 N–H and O–H groups in total. The van der Waals surface area contributed by atoms with E-state index in [4.69, 9.17) is 3.63 Å². The summed E-state index contributed by atoms with van der Waals surface area (Å²) in [4.78, 5) is 12.5. The van der Waals surface area contributed by atoms with Crippen LogP contribution < -0.4 is 0 Å². The van der Waals surface area contributed by atoms with E-state index in [1.807, 2.05) is 13.8 Å². The number of unbranched alkanes of at least 4 members (excludes halogenated alkanes) is 1. The Morgan fingerprint density at radius 3 is 2.42 bits per heavy atom. The fraction of sp³-hybridized carbons (Fsp3) is 0.588. The van der Waals surface area contributed by atoms with Gasteiger partial charge in [0.05, 0.1) is 10.6 Å². The van der Waals surface area contributed by atoms with Crippen LogP contribution >= 0.6 is 22.1 Å². The number of rotatable bonds is 8. The highest BCUT2D eigenvalue weighted by atomic mass is 32.3. The van der Waals surface area contributed by atoms with E-state index >= 15 is 0 Å². The zero-order valence-electron chi connectivity index (χ0n) is 14.3. The summed E-state index contributed by atoms with van der Waals surface area (Å²) in [5, 5.41) is 0. The number of aryl methyl sites for hydroxylation is 1. The van der Waals surface area contributed by atoms with Crippen molar-refractivity contribution in [2.24, 2.45) is 0 Å². The van der Waals surface area contributed by atoms with Gasteiger partial charge in [-0.2, -0.15) is 20.2 Å². The number of Topliss-reactive ketones (excluding diaryl/α,β-unsaturated/α-hetero) is 1. The van der Waals surface area contributed by atoms with E-state index in [9.17, 15) is 13.2 Å². The second kappa shape index (κ2) is 8.74. The summed E-state index contributed by atoms with van der Waals surface area (Å²) in [6, 6.07) is 6.69. The van der Waals surface area contributed by atoms with Crippen LogP contribution in [0.15, 0.2) is 29.2 Å². The van der Waals surface area contributed by atoms with Crippen LogP contribution in [0.1, 0.15) is 31.7 Å². The normalized spacial score (nSPS) is 18.9. The first-order valence-corrected chi connectivity index (χ1v) is 12.9. The third-order valence-electron chi connectivity index (χ3n) is 3.98. The number of thioether (sulfide) groups is 1. The standard InChI is InChI=1S/C17H26O4S3/c1-3-4-5-16(18)14-23(12-10-22-11-13-23)21-24(19,20)17-8-6-15(2)7-9-17/h6-9H,3-5,10-14H2,1-2H3. The van der Waals surface area contributed by atoms with Crippen LogP contribution in [0.25, 0.3) is 0 Å². The second-order valence-corrected chi connectivity index (χ2v) is 12.3. The molecular weight excluding hydrogens is 364 g/mol. The van der Waals surface area contributed by atoms with Gasteiger partial charge in [-0.1, -0.05) is 31.0 Å². The molecule has 0 saturated carbocycles. The van der Waals surface area contributed by atoms with Crippen molar-refractivity contribution in [2.45, 2.75) is 38.0 Å². The predicted molar refractivity (Wildman–Crippen MR) is 103 cm³/mol. The molecule has 136 valence electrons. The van der Waals surface area contributed by atoms with Crippen LogP contribution in [-0.4, -0.2) is 43.0 Å². The molecule has 0 spiro atoms. The summed E-state index contributed by atoms with van der Waals surface area (Å²) < 4.78 is 31.2. The molecule has 1 aliphatic rings. The molecule has 1 saturated heterocycles. The van der Waals surface area contributed by atoms with E-state index in [1.165, 1.54) is 0 Å². The van der Waals surface area contributed by atoms with Gasteiger partial charge in [-0.05, 0) is 25.5 Å². The highest BCUT2D eigenvalue weighted by Gasteiger charge is 2.35. The maximum atomic E-state index is 12.7. The number of hydrogen-bond donors (Lipinski definition) is 0. The number of hydrogen-bond acceptors (Lipinski definition) is 5. The Bertz CT molecular complexity index is 647. The topological polar surface area (TPSA) is 60.4 Å². The van der Waals surface area contributed by atoms with E-state index in [-0.39, 0.29) is 16.4 Å². The Morgan fingerprint density at radius 2 is 1.83 bits per heavy atom. The molecule has 1 aromatic rings. The molecule has 24 heavy (non-hydrogen) atoms. The average Bonchev–Trinajstić information content (AvgIpc) is 2.53. The number of carbonyl (C=O) groups is 1. The van der Waals surface area contributed by atoms with Gasteiger partial charge in [-0.3, -0.25) is 4.79 Å². The van der Waals surface area contributed by atoms with Gasteiger partial charge in [0.15, 0.2) is 0 Å². The van der Waals surface area contributed by atoms with Crippen molar-refractivity contribution in [3.8, 4) is 0 Å². The quantitative estimate of drug-likeness (QED) is 0.673. The Hall–Kier alpha value is -0.500. The lowest BCUT2D eigenvalue weighted by atomic mass is 10.2. The molecule has 0 bridgehead atoms. The molecule has 7 heteroatoms. The highest BCUT2D eigenvalue weighted by Crippen LogP contribution is 2.54. The molecule has 0 aromatic heterocycles. The zero-order valence-corrected chi connectivity index (χ0v) is 16.8. The fourth-order valence-corrected chi connectivity index (χ4v) is 10.4. The molecule has 1 aromatic carbocycles. The zero-order chi connectivity index (χ0) is 17.6. The van der Waals surface area contributed by atoms with E-state index < -0.39 is 20.4 Å². The van der Waals surface area contributed by atoms with Crippen molar-refractivity contribution in [1.29, 1.82) is 0 Å². The van der Waals surface area contributed by atoms with E-state index in [1.54, 1.807) is 36.0 Å². The van der Waals surface area contributed by atoms with Gasteiger partial charge in [0.1, 0.15) is 5.78 Å². The summed E-state index contributed by atoms with van der Waals surface area (Å²) >= 11 is 1.80. The van der Waals surface area contributed by atoms with Gasteiger partial charge >= 0.3 is 10.1 Å². The average molecular weight is 391 g/mol. The van der Waals surface area contributed by atoms with Crippen molar-refractivity contribution in [3.63, 3.8) is 0 Å². The van der Waals surface area contributed by atoms with Gasteiger partial charge < -0.3 is 0 Å². The van der Waals surface area contributed by atoms with Crippen molar-refractivity contribution in [3.05, 3.63) is 29.8 Å². The lowest BCUT2D eigenvalue weighted by molar-refractivity contribution is -0.116. The molecule has 1 heterocycles. The third-order valence-corrected chi connectivity index (χ3v) is 10.9. The van der Waals surface area contributed by atoms with Gasteiger partial charge in [0, 0.05) is 29.4 Å². The molecule has 0 radical (unpaired) electrons. The van der Waals surface area contributed by atoms with Gasteiger partial charge in [0.25, 0.3) is 0 Å². The lowest BCUT2D eigenvalue weighted by Gasteiger charge is -2.40. The monoisotopic (exact) mass is 390 g/mol. The first-order valence-electron chi connectivity index (χ1n) is 8.25. The minimum atomic E-state index is -3.83. The summed E-state index contributed by atoms with van der Waals surface area (Å²) in [6.07, 6.45) is 2.34. The third kappa shape index (κ3) is 5.51. The molecular formula is C17H26O4S3. The van der Waals surface area contributed by atoms with Gasteiger partial charge in [-0.15, -0.1) is 10.3 Å².